The molecule has 1 aromatic carbocycles. The second-order valence-electron chi connectivity index (χ2n) is 2.51. The molecule has 1 heterocycles. The maximum Gasteiger partial charge on any atom is 0.247 e. The van der Waals surface area contributed by atoms with Crippen LogP contribution in [0.4, 0.5) is 0 Å². The lowest BCUT2D eigenvalue weighted by Crippen LogP contribution is -1.76. The predicted molar refractivity (Wildman–Crippen MR) is 49.2 cm³/mol. The van der Waals surface area contributed by atoms with Crippen molar-refractivity contribution in [2.45, 2.75) is 0 Å². The molecule has 0 bridgehead atoms. The average Bonchev–Trinajstić information content (AvgIpc) is 2.53. The highest BCUT2D eigenvalue weighted by Gasteiger charge is 2.04. The topological polar surface area (TPSA) is 38.9 Å². The molecule has 2 rings (SSSR count). The van der Waals surface area contributed by atoms with Crippen LogP contribution in [0.25, 0.3) is 11.5 Å². The van der Waals surface area contributed by atoms with Crippen LogP contribution in [0.15, 0.2) is 28.7 Å². The summed E-state index contributed by atoms with van der Waals surface area (Å²) in [5.41, 5.74) is 0.840. The summed E-state index contributed by atoms with van der Waals surface area (Å²) in [6.45, 7) is 3.52. The van der Waals surface area contributed by atoms with Crippen molar-refractivity contribution in [1.29, 1.82) is 0 Å². The lowest BCUT2D eigenvalue weighted by Gasteiger charge is -1.93. The maximum absolute atomic E-state index is 5.73. The largest absolute Gasteiger partial charge is 0.421 e. The minimum absolute atomic E-state index is 0.310. The van der Waals surface area contributed by atoms with E-state index in [2.05, 4.69) is 17.1 Å². The van der Waals surface area contributed by atoms with Crippen molar-refractivity contribution in [3.05, 3.63) is 42.1 Å². The van der Waals surface area contributed by atoms with Gasteiger partial charge in [-0.3, -0.25) is 0 Å². The lowest BCUT2D eigenvalue weighted by molar-refractivity contribution is 0.548. The van der Waals surface area contributed by atoms with Gasteiger partial charge in [0.1, 0.15) is 0 Å². The fraction of sp³-hybridized carbons (Fsp3) is 0. The molecule has 0 N–H and O–H groups in total. The highest BCUT2D eigenvalue weighted by molar-refractivity contribution is 6.30. The summed E-state index contributed by atoms with van der Waals surface area (Å²) in [4.78, 5) is 0. The Hall–Kier alpha value is -1.35. The third-order valence-electron chi connectivity index (χ3n) is 1.56. The number of nitrogens with zero attached hydrogens (tertiary/aromatic N) is 2. The van der Waals surface area contributed by atoms with Crippen molar-refractivity contribution in [3.8, 4) is 11.5 Å². The molecule has 0 saturated carbocycles. The molecule has 3 nitrogen and oxygen atoms in total. The zero-order valence-corrected chi connectivity index (χ0v) is 7.45. The first-order chi connectivity index (χ1) is 6.25. The molecule has 2 aromatic rings. The summed E-state index contributed by atoms with van der Waals surface area (Å²) >= 11 is 5.73. The van der Waals surface area contributed by atoms with Gasteiger partial charge in [0.15, 0.2) is 0 Å². The first kappa shape index (κ1) is 8.26. The summed E-state index contributed by atoms with van der Waals surface area (Å²) < 4.78 is 5.13. The number of rotatable bonds is 1. The van der Waals surface area contributed by atoms with Crippen molar-refractivity contribution in [2.75, 3.05) is 0 Å². The third kappa shape index (κ3) is 1.70. The molecule has 0 atom stereocenters. The summed E-state index contributed by atoms with van der Waals surface area (Å²) in [6, 6.07) is 7.16. The Morgan fingerprint density at radius 1 is 1.15 bits per heavy atom. The number of halogens is 1. The minimum atomic E-state index is 0.310. The van der Waals surface area contributed by atoms with Crippen LogP contribution in [0.3, 0.4) is 0 Å². The van der Waals surface area contributed by atoms with Gasteiger partial charge < -0.3 is 4.42 Å². The summed E-state index contributed by atoms with van der Waals surface area (Å²) in [5, 5.41) is 8.13. The summed E-state index contributed by atoms with van der Waals surface area (Å²) in [7, 11) is 0. The van der Waals surface area contributed by atoms with Crippen LogP contribution in [0, 0.1) is 6.92 Å². The van der Waals surface area contributed by atoms with Gasteiger partial charge in [-0.1, -0.05) is 11.6 Å². The van der Waals surface area contributed by atoms with Crippen LogP contribution in [-0.2, 0) is 0 Å². The van der Waals surface area contributed by atoms with E-state index in [9.17, 15) is 0 Å². The normalized spacial score (nSPS) is 10.3. The second kappa shape index (κ2) is 3.18. The van der Waals surface area contributed by atoms with Crippen LogP contribution >= 0.6 is 11.6 Å². The smallest absolute Gasteiger partial charge is 0.247 e. The Morgan fingerprint density at radius 2 is 1.85 bits per heavy atom. The van der Waals surface area contributed by atoms with Crippen molar-refractivity contribution >= 4 is 11.6 Å². The van der Waals surface area contributed by atoms with Gasteiger partial charge in [0.05, 0.1) is 0 Å². The predicted octanol–water partition coefficient (Wildman–Crippen LogP) is 2.57. The Kier molecular flexibility index (Phi) is 2.02. The highest BCUT2D eigenvalue weighted by Crippen LogP contribution is 2.19. The number of hydrogen-bond donors (Lipinski definition) is 0. The zero-order chi connectivity index (χ0) is 9.26. The van der Waals surface area contributed by atoms with E-state index in [0.717, 1.165) is 5.56 Å². The number of benzene rings is 1. The van der Waals surface area contributed by atoms with Gasteiger partial charge in [-0.15, -0.1) is 10.2 Å². The fourth-order valence-corrected chi connectivity index (χ4v) is 1.09. The standard InChI is InChI=1S/C9H6ClN2O/c1-6-11-12-9(13-6)7-2-4-8(10)5-3-7/h2-5H,1H2. The van der Waals surface area contributed by atoms with Gasteiger partial charge in [0, 0.05) is 17.5 Å². The molecule has 13 heavy (non-hydrogen) atoms. The molecule has 0 spiro atoms. The molecule has 0 unspecified atom stereocenters. The van der Waals surface area contributed by atoms with Gasteiger partial charge in [0.25, 0.3) is 0 Å². The monoisotopic (exact) mass is 193 g/mol. The Bertz CT molecular complexity index is 408. The molecular formula is C9H6ClN2O. The molecule has 65 valence electrons. The molecule has 0 aliphatic carbocycles. The quantitative estimate of drug-likeness (QED) is 0.699. The third-order valence-corrected chi connectivity index (χ3v) is 1.81. The van der Waals surface area contributed by atoms with Crippen LogP contribution in [0.2, 0.25) is 5.02 Å². The van der Waals surface area contributed by atoms with Gasteiger partial charge in [0.2, 0.25) is 11.8 Å². The molecule has 1 radical (unpaired) electrons. The summed E-state index contributed by atoms with van der Waals surface area (Å²) in [5.74, 6) is 0.770. The van der Waals surface area contributed by atoms with Crippen molar-refractivity contribution < 1.29 is 4.42 Å². The fourth-order valence-electron chi connectivity index (χ4n) is 0.963. The molecular weight excluding hydrogens is 188 g/mol. The molecule has 0 fully saturated rings. The van der Waals surface area contributed by atoms with Crippen molar-refractivity contribution in [1.82, 2.24) is 10.2 Å². The van der Waals surface area contributed by atoms with Crippen molar-refractivity contribution in [2.24, 2.45) is 0 Å². The second-order valence-corrected chi connectivity index (χ2v) is 2.94. The Morgan fingerprint density at radius 3 is 2.38 bits per heavy atom. The molecule has 0 amide bonds. The van der Waals surface area contributed by atoms with E-state index in [4.69, 9.17) is 16.0 Å². The van der Waals surface area contributed by atoms with Crippen LogP contribution in [0.1, 0.15) is 5.89 Å². The van der Waals surface area contributed by atoms with Crippen LogP contribution in [-0.4, -0.2) is 10.2 Å². The molecule has 0 aliphatic rings. The van der Waals surface area contributed by atoms with Crippen LogP contribution in [0.5, 0.6) is 0 Å². The van der Waals surface area contributed by atoms with E-state index in [0.29, 0.717) is 16.8 Å². The SMILES string of the molecule is [CH2]c1nnc(-c2ccc(Cl)cc2)o1. The number of hydrogen-bond acceptors (Lipinski definition) is 3. The van der Waals surface area contributed by atoms with Crippen molar-refractivity contribution in [3.63, 3.8) is 0 Å². The van der Waals surface area contributed by atoms with Gasteiger partial charge in [-0.25, -0.2) is 0 Å². The van der Waals surface area contributed by atoms with Gasteiger partial charge in [-0.05, 0) is 24.3 Å². The minimum Gasteiger partial charge on any atom is -0.421 e. The van der Waals surface area contributed by atoms with Gasteiger partial charge in [-0.2, -0.15) is 0 Å². The van der Waals surface area contributed by atoms with Crippen LogP contribution < -0.4 is 0 Å². The highest BCUT2D eigenvalue weighted by atomic mass is 35.5. The van der Waals surface area contributed by atoms with Gasteiger partial charge >= 0.3 is 0 Å². The van der Waals surface area contributed by atoms with E-state index in [1.807, 2.05) is 12.1 Å². The maximum atomic E-state index is 5.73. The van der Waals surface area contributed by atoms with E-state index < -0.39 is 0 Å². The molecule has 0 aliphatic heterocycles. The molecule has 1 aromatic heterocycles. The lowest BCUT2D eigenvalue weighted by atomic mass is 10.2. The number of aromatic nitrogens is 2. The van der Waals surface area contributed by atoms with E-state index in [1.165, 1.54) is 0 Å². The zero-order valence-electron chi connectivity index (χ0n) is 6.70. The average molecular weight is 194 g/mol. The Balaban J connectivity index is 2.41. The van der Waals surface area contributed by atoms with E-state index in [1.54, 1.807) is 12.1 Å². The first-order valence-electron chi connectivity index (χ1n) is 3.67. The Labute approximate surface area is 80.4 Å². The first-order valence-corrected chi connectivity index (χ1v) is 4.05. The molecule has 4 heteroatoms. The summed E-state index contributed by atoms with van der Waals surface area (Å²) in [6.07, 6.45) is 0. The molecule has 0 saturated heterocycles. The van der Waals surface area contributed by atoms with E-state index in [-0.39, 0.29) is 0 Å². The van der Waals surface area contributed by atoms with E-state index >= 15 is 0 Å².